The molecule has 0 radical (unpaired) electrons. The molecule has 36 heavy (non-hydrogen) atoms. The van der Waals surface area contributed by atoms with Crippen molar-refractivity contribution in [3.05, 3.63) is 56.8 Å². The highest BCUT2D eigenvalue weighted by molar-refractivity contribution is 7.10. The lowest BCUT2D eigenvalue weighted by molar-refractivity contribution is -0.133. The van der Waals surface area contributed by atoms with Gasteiger partial charge in [-0.1, -0.05) is 24.3 Å². The number of fused-ring (bicyclic) bond motifs is 1. The first-order valence-electron chi connectivity index (χ1n) is 12.8. The summed E-state index contributed by atoms with van der Waals surface area (Å²) < 4.78 is 5.41. The van der Waals surface area contributed by atoms with Crippen molar-refractivity contribution in [3.8, 4) is 0 Å². The molecule has 1 aromatic carbocycles. The minimum absolute atomic E-state index is 0.0415. The number of hydrogen-bond acceptors (Lipinski definition) is 7. The van der Waals surface area contributed by atoms with Gasteiger partial charge in [-0.25, -0.2) is 0 Å². The van der Waals surface area contributed by atoms with E-state index < -0.39 is 6.04 Å². The Morgan fingerprint density at radius 2 is 1.72 bits per heavy atom. The van der Waals surface area contributed by atoms with E-state index in [9.17, 15) is 19.2 Å². The van der Waals surface area contributed by atoms with Crippen molar-refractivity contribution in [1.82, 2.24) is 9.80 Å². The Morgan fingerprint density at radius 3 is 2.47 bits per heavy atom. The van der Waals surface area contributed by atoms with E-state index in [4.69, 9.17) is 4.74 Å². The maximum atomic E-state index is 12.9. The molecule has 1 amide bonds. The number of hydrogen-bond donors (Lipinski definition) is 0. The predicted molar refractivity (Wildman–Crippen MR) is 136 cm³/mol. The van der Waals surface area contributed by atoms with Crippen LogP contribution in [0.5, 0.6) is 0 Å². The average Bonchev–Trinajstić information content (AvgIpc) is 3.43. The van der Waals surface area contributed by atoms with Crippen molar-refractivity contribution in [1.29, 1.82) is 0 Å². The number of benzene rings is 1. The third-order valence-electron chi connectivity index (χ3n) is 7.47. The zero-order valence-corrected chi connectivity index (χ0v) is 21.3. The van der Waals surface area contributed by atoms with Crippen LogP contribution in [0.25, 0.3) is 0 Å². The Balaban J connectivity index is 1.09. The summed E-state index contributed by atoms with van der Waals surface area (Å²) in [6, 6.07) is 8.05. The van der Waals surface area contributed by atoms with E-state index >= 15 is 0 Å². The highest BCUT2D eigenvalue weighted by Gasteiger charge is 2.40. The molecule has 0 spiro atoms. The van der Waals surface area contributed by atoms with Crippen LogP contribution in [0, 0.1) is 0 Å². The summed E-state index contributed by atoms with van der Waals surface area (Å²) in [6.45, 7) is 4.87. The lowest BCUT2D eigenvalue weighted by atomic mass is 9.92. The SMILES string of the molecule is O=C(CCc1ccc(CN2CCOCC2)cc1)CCc1scc2c1CN(C1CCC(=O)CC1=O)C2=O. The van der Waals surface area contributed by atoms with Crippen LogP contribution >= 0.6 is 11.3 Å². The largest absolute Gasteiger partial charge is 0.379 e. The highest BCUT2D eigenvalue weighted by Crippen LogP contribution is 2.35. The molecule has 3 heterocycles. The molecule has 190 valence electrons. The molecule has 3 aliphatic rings. The standard InChI is InChI=1S/C28H32N2O5S/c31-21(6-5-19-1-3-20(4-2-19)16-29-11-13-35-14-12-29)8-10-27-23-17-30(28(34)24(23)18-36-27)25-9-7-22(32)15-26(25)33/h1-4,18,25H,5-17H2. The van der Waals surface area contributed by atoms with Gasteiger partial charge in [-0.2, -0.15) is 0 Å². The quantitative estimate of drug-likeness (QED) is 0.483. The maximum Gasteiger partial charge on any atom is 0.255 e. The summed E-state index contributed by atoms with van der Waals surface area (Å²) in [5.74, 6) is -0.0974. The lowest BCUT2D eigenvalue weighted by Crippen LogP contribution is -2.44. The number of carbonyl (C=O) groups excluding carboxylic acids is 4. The fourth-order valence-corrected chi connectivity index (χ4v) is 6.35. The number of morpholine rings is 1. The van der Waals surface area contributed by atoms with Gasteiger partial charge in [0.25, 0.3) is 5.91 Å². The summed E-state index contributed by atoms with van der Waals surface area (Å²) in [7, 11) is 0. The summed E-state index contributed by atoms with van der Waals surface area (Å²) in [5.41, 5.74) is 4.06. The fourth-order valence-electron chi connectivity index (χ4n) is 5.31. The van der Waals surface area contributed by atoms with Gasteiger partial charge in [0, 0.05) is 55.7 Å². The minimum Gasteiger partial charge on any atom is -0.379 e. The second kappa shape index (κ2) is 11.2. The van der Waals surface area contributed by atoms with Gasteiger partial charge < -0.3 is 9.64 Å². The first kappa shape index (κ1) is 25.0. The van der Waals surface area contributed by atoms with Gasteiger partial charge in [-0.15, -0.1) is 11.3 Å². The number of rotatable bonds is 9. The monoisotopic (exact) mass is 508 g/mol. The van der Waals surface area contributed by atoms with Gasteiger partial charge in [0.15, 0.2) is 5.78 Å². The second-order valence-corrected chi connectivity index (χ2v) is 10.9. The summed E-state index contributed by atoms with van der Waals surface area (Å²) in [4.78, 5) is 54.5. The molecule has 1 aromatic heterocycles. The summed E-state index contributed by atoms with van der Waals surface area (Å²) in [6.07, 6.45) is 3.01. The molecular weight excluding hydrogens is 476 g/mol. The lowest BCUT2D eigenvalue weighted by Gasteiger charge is -2.29. The zero-order valence-electron chi connectivity index (χ0n) is 20.5. The summed E-state index contributed by atoms with van der Waals surface area (Å²) in [5, 5.41) is 1.86. The van der Waals surface area contributed by atoms with E-state index in [-0.39, 0.29) is 29.7 Å². The third kappa shape index (κ3) is 5.66. The van der Waals surface area contributed by atoms with Crippen molar-refractivity contribution in [2.45, 2.75) is 64.1 Å². The number of carbonyl (C=O) groups is 4. The molecular formula is C28H32N2O5S. The van der Waals surface area contributed by atoms with Gasteiger partial charge in [0.05, 0.1) is 31.2 Å². The van der Waals surface area contributed by atoms with E-state index in [1.54, 1.807) is 4.90 Å². The van der Waals surface area contributed by atoms with Crippen LogP contribution in [0.15, 0.2) is 29.6 Å². The van der Waals surface area contributed by atoms with E-state index in [2.05, 4.69) is 29.2 Å². The number of aryl methyl sites for hydroxylation is 2. The van der Waals surface area contributed by atoms with Crippen molar-refractivity contribution in [2.75, 3.05) is 26.3 Å². The first-order valence-corrected chi connectivity index (χ1v) is 13.7. The Labute approximate surface area is 215 Å². The van der Waals surface area contributed by atoms with Gasteiger partial charge >= 0.3 is 0 Å². The molecule has 1 unspecified atom stereocenters. The molecule has 2 aromatic rings. The Bertz CT molecular complexity index is 1150. The van der Waals surface area contributed by atoms with Crippen LogP contribution in [0.3, 0.4) is 0 Å². The van der Waals surface area contributed by atoms with Gasteiger partial charge in [0.2, 0.25) is 0 Å². The number of amides is 1. The van der Waals surface area contributed by atoms with Crippen molar-refractivity contribution in [3.63, 3.8) is 0 Å². The predicted octanol–water partition coefficient (Wildman–Crippen LogP) is 3.36. The molecule has 1 atom stereocenters. The molecule has 2 fully saturated rings. The number of nitrogens with zero attached hydrogens (tertiary/aromatic N) is 2. The zero-order chi connectivity index (χ0) is 25.1. The van der Waals surface area contributed by atoms with E-state index in [0.717, 1.165) is 49.7 Å². The van der Waals surface area contributed by atoms with Crippen LogP contribution < -0.4 is 0 Å². The molecule has 1 aliphatic carbocycles. The Hall–Kier alpha value is -2.68. The molecule has 1 saturated carbocycles. The van der Waals surface area contributed by atoms with E-state index in [1.165, 1.54) is 22.5 Å². The van der Waals surface area contributed by atoms with Crippen LogP contribution in [-0.4, -0.2) is 65.4 Å². The van der Waals surface area contributed by atoms with Gasteiger partial charge in [0.1, 0.15) is 11.6 Å². The topological polar surface area (TPSA) is 84.0 Å². The maximum absolute atomic E-state index is 12.9. The van der Waals surface area contributed by atoms with E-state index in [0.29, 0.717) is 44.2 Å². The van der Waals surface area contributed by atoms with E-state index in [1.807, 2.05) is 5.38 Å². The summed E-state index contributed by atoms with van der Waals surface area (Å²) >= 11 is 1.53. The number of ketones is 3. The Morgan fingerprint density at radius 1 is 1.00 bits per heavy atom. The molecule has 0 N–H and O–H groups in total. The van der Waals surface area contributed by atoms with Crippen LogP contribution in [0.2, 0.25) is 0 Å². The normalized spacial score (nSPS) is 20.7. The first-order chi connectivity index (χ1) is 17.5. The number of ether oxygens (including phenoxy) is 1. The van der Waals surface area contributed by atoms with Gasteiger partial charge in [-0.05, 0) is 36.0 Å². The van der Waals surface area contributed by atoms with Crippen molar-refractivity contribution >= 4 is 34.6 Å². The molecule has 0 bridgehead atoms. The van der Waals surface area contributed by atoms with Crippen LogP contribution in [-0.2, 0) is 45.1 Å². The molecule has 7 nitrogen and oxygen atoms in total. The molecule has 5 rings (SSSR count). The molecule has 8 heteroatoms. The number of thiophene rings is 1. The van der Waals surface area contributed by atoms with Gasteiger partial charge in [-0.3, -0.25) is 24.1 Å². The Kier molecular flexibility index (Phi) is 7.74. The highest BCUT2D eigenvalue weighted by atomic mass is 32.1. The molecule has 2 aliphatic heterocycles. The fraction of sp³-hybridized carbons (Fsp3) is 0.500. The minimum atomic E-state index is -0.498. The third-order valence-corrected chi connectivity index (χ3v) is 8.56. The molecule has 1 saturated heterocycles. The smallest absolute Gasteiger partial charge is 0.255 e. The second-order valence-electron chi connectivity index (χ2n) is 9.96. The van der Waals surface area contributed by atoms with Crippen LogP contribution in [0.4, 0.5) is 0 Å². The van der Waals surface area contributed by atoms with Crippen LogP contribution in [0.1, 0.15) is 64.0 Å². The number of Topliss-reactive ketones (excluding diaryl/α,β-unsaturated/α-hetero) is 3. The van der Waals surface area contributed by atoms with Crippen molar-refractivity contribution in [2.24, 2.45) is 0 Å². The van der Waals surface area contributed by atoms with Crippen molar-refractivity contribution < 1.29 is 23.9 Å². The average molecular weight is 509 g/mol.